The van der Waals surface area contributed by atoms with Crippen LogP contribution in [-0.4, -0.2) is 11.3 Å². The summed E-state index contributed by atoms with van der Waals surface area (Å²) in [6, 6.07) is 7.56. The van der Waals surface area contributed by atoms with Crippen molar-refractivity contribution in [3.8, 4) is 11.8 Å². The van der Waals surface area contributed by atoms with Crippen molar-refractivity contribution in [3.63, 3.8) is 0 Å². The maximum absolute atomic E-state index is 5.93. The summed E-state index contributed by atoms with van der Waals surface area (Å²) in [5.41, 5.74) is 1.73. The highest BCUT2D eigenvalue weighted by atomic mass is 35.5. The van der Waals surface area contributed by atoms with E-state index in [0.717, 1.165) is 30.5 Å². The second-order valence-corrected chi connectivity index (χ2v) is 5.75. The Balaban J connectivity index is 1.69. The summed E-state index contributed by atoms with van der Waals surface area (Å²) < 4.78 is 0. The van der Waals surface area contributed by atoms with Crippen molar-refractivity contribution < 1.29 is 4.84 Å². The molecule has 98 valence electrons. The fourth-order valence-corrected chi connectivity index (χ4v) is 2.95. The first-order valence-electron chi connectivity index (χ1n) is 6.78. The minimum absolute atomic E-state index is 0.0450. The van der Waals surface area contributed by atoms with Crippen LogP contribution in [0.2, 0.25) is 5.02 Å². The molecule has 3 rings (SSSR count). The lowest BCUT2D eigenvalue weighted by Gasteiger charge is -2.30. The Morgan fingerprint density at radius 2 is 2.00 bits per heavy atom. The van der Waals surface area contributed by atoms with Crippen LogP contribution in [0.5, 0.6) is 0 Å². The second-order valence-electron chi connectivity index (χ2n) is 5.31. The summed E-state index contributed by atoms with van der Waals surface area (Å²) in [4.78, 5) is 5.67. The zero-order valence-corrected chi connectivity index (χ0v) is 11.5. The van der Waals surface area contributed by atoms with E-state index >= 15 is 0 Å². The third-order valence-electron chi connectivity index (χ3n) is 3.78. The number of hydrogen-bond donors (Lipinski definition) is 0. The smallest absolute Gasteiger partial charge is 0.144 e. The molecule has 0 unspecified atom stereocenters. The van der Waals surface area contributed by atoms with Gasteiger partial charge in [-0.25, -0.2) is 0 Å². The standard InChI is InChI=1S/C16H16ClNO/c17-14-6-4-5-13(11-14)7-8-15-12-16(19-18-15)9-2-1-3-10-16/h4-6,11H,1-3,9-10,12H2. The Morgan fingerprint density at radius 3 is 2.79 bits per heavy atom. The molecule has 0 bridgehead atoms. The molecule has 3 heteroatoms. The predicted molar refractivity (Wildman–Crippen MR) is 77.3 cm³/mol. The van der Waals surface area contributed by atoms with Gasteiger partial charge in [-0.2, -0.15) is 0 Å². The van der Waals surface area contributed by atoms with Crippen molar-refractivity contribution in [2.75, 3.05) is 0 Å². The third-order valence-corrected chi connectivity index (χ3v) is 4.01. The molecule has 0 aromatic heterocycles. The van der Waals surface area contributed by atoms with Crippen molar-refractivity contribution in [1.82, 2.24) is 0 Å². The molecule has 2 nitrogen and oxygen atoms in total. The molecule has 2 aliphatic rings. The average Bonchev–Trinajstić information content (AvgIpc) is 2.80. The van der Waals surface area contributed by atoms with Crippen LogP contribution in [0.1, 0.15) is 44.1 Å². The van der Waals surface area contributed by atoms with Gasteiger partial charge < -0.3 is 4.84 Å². The highest BCUT2D eigenvalue weighted by Crippen LogP contribution is 2.38. The summed E-state index contributed by atoms with van der Waals surface area (Å²) in [6.07, 6.45) is 6.88. The Kier molecular flexibility index (Phi) is 3.48. The van der Waals surface area contributed by atoms with Gasteiger partial charge in [0.05, 0.1) is 0 Å². The second kappa shape index (κ2) is 5.27. The molecule has 0 amide bonds. The minimum atomic E-state index is -0.0450. The van der Waals surface area contributed by atoms with E-state index in [0.29, 0.717) is 5.02 Å². The van der Waals surface area contributed by atoms with Gasteiger partial charge >= 0.3 is 0 Å². The molecule has 0 radical (unpaired) electrons. The van der Waals surface area contributed by atoms with Gasteiger partial charge in [0.2, 0.25) is 0 Å². The van der Waals surface area contributed by atoms with Crippen molar-refractivity contribution in [3.05, 3.63) is 34.9 Å². The van der Waals surface area contributed by atoms with Gasteiger partial charge in [-0.05, 0) is 49.8 Å². The van der Waals surface area contributed by atoms with Gasteiger partial charge in [0.25, 0.3) is 0 Å². The molecule has 1 aliphatic carbocycles. The van der Waals surface area contributed by atoms with Gasteiger partial charge in [-0.15, -0.1) is 0 Å². The Bertz CT molecular complexity index is 562. The van der Waals surface area contributed by atoms with Gasteiger partial charge in [-0.3, -0.25) is 0 Å². The summed E-state index contributed by atoms with van der Waals surface area (Å²) in [5.74, 6) is 6.22. The zero-order chi connectivity index (χ0) is 13.1. The van der Waals surface area contributed by atoms with Crippen molar-refractivity contribution in [2.24, 2.45) is 5.16 Å². The number of nitrogens with zero attached hydrogens (tertiary/aromatic N) is 1. The van der Waals surface area contributed by atoms with E-state index in [1.165, 1.54) is 19.3 Å². The molecular weight excluding hydrogens is 258 g/mol. The molecule has 1 aromatic carbocycles. The number of halogens is 1. The first-order valence-corrected chi connectivity index (χ1v) is 7.16. The monoisotopic (exact) mass is 273 g/mol. The van der Waals surface area contributed by atoms with E-state index in [-0.39, 0.29) is 5.60 Å². The number of rotatable bonds is 0. The van der Waals surface area contributed by atoms with Crippen LogP contribution in [0.4, 0.5) is 0 Å². The maximum atomic E-state index is 5.93. The van der Waals surface area contributed by atoms with Gasteiger partial charge in [-0.1, -0.05) is 35.2 Å². The van der Waals surface area contributed by atoms with Crippen LogP contribution in [0.15, 0.2) is 29.4 Å². The van der Waals surface area contributed by atoms with Crippen LogP contribution in [0, 0.1) is 11.8 Å². The molecule has 0 atom stereocenters. The maximum Gasteiger partial charge on any atom is 0.144 e. The Hall–Kier alpha value is -1.46. The van der Waals surface area contributed by atoms with E-state index in [1.807, 2.05) is 24.3 Å². The molecule has 1 fully saturated rings. The van der Waals surface area contributed by atoms with Crippen LogP contribution in [0.25, 0.3) is 0 Å². The largest absolute Gasteiger partial charge is 0.388 e. The predicted octanol–water partition coefficient (Wildman–Crippen LogP) is 4.17. The Morgan fingerprint density at radius 1 is 1.16 bits per heavy atom. The van der Waals surface area contributed by atoms with E-state index in [4.69, 9.17) is 16.4 Å². The molecule has 1 heterocycles. The van der Waals surface area contributed by atoms with Crippen LogP contribution >= 0.6 is 11.6 Å². The lowest BCUT2D eigenvalue weighted by atomic mass is 9.82. The summed E-state index contributed by atoms with van der Waals surface area (Å²) >= 11 is 5.93. The molecule has 1 spiro atoms. The highest BCUT2D eigenvalue weighted by molar-refractivity contribution is 6.30. The molecule has 1 saturated carbocycles. The first-order chi connectivity index (χ1) is 9.26. The summed E-state index contributed by atoms with van der Waals surface area (Å²) in [7, 11) is 0. The first kappa shape index (κ1) is 12.6. The summed E-state index contributed by atoms with van der Waals surface area (Å²) in [6.45, 7) is 0. The third kappa shape index (κ3) is 2.93. The highest BCUT2D eigenvalue weighted by Gasteiger charge is 2.39. The normalized spacial score (nSPS) is 20.4. The molecule has 1 aliphatic heterocycles. The van der Waals surface area contributed by atoms with E-state index in [9.17, 15) is 0 Å². The molecular formula is C16H16ClNO. The Labute approximate surface area is 118 Å². The van der Waals surface area contributed by atoms with Gasteiger partial charge in [0.15, 0.2) is 0 Å². The fourth-order valence-electron chi connectivity index (χ4n) is 2.76. The molecule has 0 N–H and O–H groups in total. The van der Waals surface area contributed by atoms with Crippen LogP contribution in [-0.2, 0) is 4.84 Å². The van der Waals surface area contributed by atoms with Crippen molar-refractivity contribution in [2.45, 2.75) is 44.1 Å². The van der Waals surface area contributed by atoms with Crippen LogP contribution in [0.3, 0.4) is 0 Å². The van der Waals surface area contributed by atoms with Crippen molar-refractivity contribution in [1.29, 1.82) is 0 Å². The van der Waals surface area contributed by atoms with E-state index < -0.39 is 0 Å². The van der Waals surface area contributed by atoms with E-state index in [2.05, 4.69) is 17.0 Å². The SMILES string of the molecule is Clc1cccc(C#CC2=NOC3(CCCCC3)C2)c1. The van der Waals surface area contributed by atoms with Gasteiger partial charge in [0, 0.05) is 17.0 Å². The topological polar surface area (TPSA) is 21.6 Å². The number of benzene rings is 1. The minimum Gasteiger partial charge on any atom is -0.388 e. The van der Waals surface area contributed by atoms with E-state index in [1.54, 1.807) is 0 Å². The summed E-state index contributed by atoms with van der Waals surface area (Å²) in [5, 5.41) is 4.87. The molecule has 19 heavy (non-hydrogen) atoms. The van der Waals surface area contributed by atoms with Crippen LogP contribution < -0.4 is 0 Å². The fraction of sp³-hybridized carbons (Fsp3) is 0.438. The quantitative estimate of drug-likeness (QED) is 0.650. The lowest BCUT2D eigenvalue weighted by Crippen LogP contribution is -2.31. The zero-order valence-electron chi connectivity index (χ0n) is 10.8. The van der Waals surface area contributed by atoms with Crippen molar-refractivity contribution >= 4 is 17.3 Å². The molecule has 1 aromatic rings. The number of hydrogen-bond acceptors (Lipinski definition) is 2. The van der Waals surface area contributed by atoms with Gasteiger partial charge in [0.1, 0.15) is 11.3 Å². The number of oxime groups is 1. The lowest BCUT2D eigenvalue weighted by molar-refractivity contribution is -0.0449. The average molecular weight is 274 g/mol. The molecule has 0 saturated heterocycles.